The monoisotopic (exact) mass is 705 g/mol. The van der Waals surface area contributed by atoms with Crippen molar-refractivity contribution in [1.29, 1.82) is 0 Å². The van der Waals surface area contributed by atoms with E-state index in [1.807, 2.05) is 6.92 Å². The standard InChI is InChI=1S/C33H55NO15/c1-5-18-12-19(31(43)44-4)13-20(28(18)49-33-27(40)26(39)24(37)15(2)45-33)47-32-23(34-16(3)36)29(25(38)22(14-35)48-32)46-21(30(41)42)11-17-9-7-6-8-10-17/h15,17-29,32-33,35,37-40H,5-14H2,1-4H3,(H,34,36)(H,41,42)/t15?,18?,19?,20-,21+,22?,23?,24-,25+,26?,27?,28?,29?,32-,33+/m1/s1. The predicted molar refractivity (Wildman–Crippen MR) is 167 cm³/mol. The lowest BCUT2D eigenvalue weighted by atomic mass is 9.76. The molecule has 0 aromatic carbocycles. The number of esters is 1. The Morgan fingerprint density at radius 3 is 2.18 bits per heavy atom. The van der Waals surface area contributed by atoms with Crippen LogP contribution >= 0.6 is 0 Å². The molecular formula is C33H55NO15. The number of rotatable bonds is 13. The highest BCUT2D eigenvalue weighted by atomic mass is 16.7. The van der Waals surface area contributed by atoms with E-state index in [2.05, 4.69) is 5.32 Å². The Bertz CT molecular complexity index is 1090. The summed E-state index contributed by atoms with van der Waals surface area (Å²) in [5.41, 5.74) is 0. The van der Waals surface area contributed by atoms with Crippen molar-refractivity contribution in [1.82, 2.24) is 5.32 Å². The molecule has 9 unspecified atom stereocenters. The summed E-state index contributed by atoms with van der Waals surface area (Å²) in [6, 6.07) is -1.27. The zero-order valence-corrected chi connectivity index (χ0v) is 28.7. The van der Waals surface area contributed by atoms with Gasteiger partial charge in [-0.05, 0) is 38.0 Å². The number of carboxylic acid groups (broad SMARTS) is 1. The molecular weight excluding hydrogens is 650 g/mol. The zero-order valence-electron chi connectivity index (χ0n) is 28.7. The third kappa shape index (κ3) is 9.67. The van der Waals surface area contributed by atoms with Crippen LogP contribution in [0.4, 0.5) is 0 Å². The first kappa shape index (κ1) is 39.8. The molecule has 0 aromatic heterocycles. The van der Waals surface area contributed by atoms with Crippen molar-refractivity contribution < 1.29 is 73.4 Å². The van der Waals surface area contributed by atoms with Gasteiger partial charge in [-0.25, -0.2) is 4.79 Å². The van der Waals surface area contributed by atoms with Crippen molar-refractivity contribution in [2.24, 2.45) is 17.8 Å². The summed E-state index contributed by atoms with van der Waals surface area (Å²) in [6.45, 7) is 3.92. The summed E-state index contributed by atoms with van der Waals surface area (Å²) in [5.74, 6) is -3.20. The van der Waals surface area contributed by atoms with Gasteiger partial charge in [0, 0.05) is 6.92 Å². The number of ether oxygens (including phenoxy) is 6. The van der Waals surface area contributed by atoms with Crippen LogP contribution in [0.2, 0.25) is 0 Å². The molecule has 2 heterocycles. The molecule has 0 bridgehead atoms. The average molecular weight is 706 g/mol. The molecule has 282 valence electrons. The molecule has 4 rings (SSSR count). The third-order valence-electron chi connectivity index (χ3n) is 10.5. The largest absolute Gasteiger partial charge is 0.479 e. The molecule has 16 heteroatoms. The van der Waals surface area contributed by atoms with Crippen LogP contribution < -0.4 is 5.32 Å². The molecule has 4 fully saturated rings. The molecule has 1 amide bonds. The highest BCUT2D eigenvalue weighted by Gasteiger charge is 2.53. The van der Waals surface area contributed by atoms with Crippen molar-refractivity contribution in [2.45, 2.75) is 158 Å². The lowest BCUT2D eigenvalue weighted by Gasteiger charge is -2.49. The van der Waals surface area contributed by atoms with Crippen LogP contribution in [-0.4, -0.2) is 142 Å². The number of aliphatic hydroxyl groups is 5. The highest BCUT2D eigenvalue weighted by molar-refractivity contribution is 5.74. The molecule has 2 aliphatic heterocycles. The molecule has 49 heavy (non-hydrogen) atoms. The first-order valence-corrected chi connectivity index (χ1v) is 17.5. The van der Waals surface area contributed by atoms with Crippen molar-refractivity contribution in [3.8, 4) is 0 Å². The summed E-state index contributed by atoms with van der Waals surface area (Å²) in [5, 5.41) is 65.7. The maximum absolute atomic E-state index is 12.8. The molecule has 4 aliphatic rings. The summed E-state index contributed by atoms with van der Waals surface area (Å²) >= 11 is 0. The van der Waals surface area contributed by atoms with Gasteiger partial charge in [-0.3, -0.25) is 9.59 Å². The Balaban J connectivity index is 1.65. The Hall–Kier alpha value is -1.99. The van der Waals surface area contributed by atoms with Gasteiger partial charge in [-0.2, -0.15) is 0 Å². The summed E-state index contributed by atoms with van der Waals surface area (Å²) in [6.07, 6.45) is -9.97. The van der Waals surface area contributed by atoms with Crippen molar-refractivity contribution in [2.75, 3.05) is 13.7 Å². The van der Waals surface area contributed by atoms with E-state index in [9.17, 15) is 45.0 Å². The molecule has 0 radical (unpaired) electrons. The SMILES string of the molecule is CCC1CC(C(=O)OC)C[C@@H](O[C@@H]2OC(CO)[C@H](O)C(O[C@@H](CC3CCCCC3)C(=O)O)C2NC(C)=O)C1O[C@@H]1OC(C)[C@@H](O)C(O)C1O. The lowest BCUT2D eigenvalue weighted by Crippen LogP contribution is -2.67. The van der Waals surface area contributed by atoms with E-state index in [0.29, 0.717) is 12.8 Å². The molecule has 2 saturated heterocycles. The van der Waals surface area contributed by atoms with Gasteiger partial charge in [-0.1, -0.05) is 45.4 Å². The van der Waals surface area contributed by atoms with E-state index in [1.54, 1.807) is 0 Å². The van der Waals surface area contributed by atoms with E-state index >= 15 is 0 Å². The van der Waals surface area contributed by atoms with Crippen LogP contribution in [0.25, 0.3) is 0 Å². The zero-order chi connectivity index (χ0) is 36.0. The number of hydrogen-bond donors (Lipinski definition) is 7. The van der Waals surface area contributed by atoms with Gasteiger partial charge in [0.1, 0.15) is 42.7 Å². The first-order chi connectivity index (χ1) is 23.3. The molecule has 7 N–H and O–H groups in total. The van der Waals surface area contributed by atoms with Crippen LogP contribution in [-0.2, 0) is 42.8 Å². The van der Waals surface area contributed by atoms with Gasteiger partial charge >= 0.3 is 11.9 Å². The fourth-order valence-electron chi connectivity index (χ4n) is 7.72. The second-order valence-corrected chi connectivity index (χ2v) is 13.9. The third-order valence-corrected chi connectivity index (χ3v) is 10.5. The number of aliphatic carboxylic acids is 1. The number of hydrogen-bond acceptors (Lipinski definition) is 14. The van der Waals surface area contributed by atoms with Crippen molar-refractivity contribution in [3.05, 3.63) is 0 Å². The fourth-order valence-corrected chi connectivity index (χ4v) is 7.72. The number of nitrogens with one attached hydrogen (secondary N) is 1. The Kier molecular flexibility index (Phi) is 14.6. The van der Waals surface area contributed by atoms with Crippen molar-refractivity contribution in [3.63, 3.8) is 0 Å². The van der Waals surface area contributed by atoms with E-state index < -0.39 is 110 Å². The minimum absolute atomic E-state index is 0.0291. The molecule has 2 saturated carbocycles. The maximum Gasteiger partial charge on any atom is 0.332 e. The second kappa shape index (κ2) is 18.0. The highest BCUT2D eigenvalue weighted by Crippen LogP contribution is 2.40. The summed E-state index contributed by atoms with van der Waals surface area (Å²) in [7, 11) is 1.26. The molecule has 15 atom stereocenters. The average Bonchev–Trinajstić information content (AvgIpc) is 3.08. The van der Waals surface area contributed by atoms with Gasteiger partial charge in [0.25, 0.3) is 0 Å². The van der Waals surface area contributed by atoms with Crippen LogP contribution in [0, 0.1) is 17.8 Å². The number of carbonyl (C=O) groups is 3. The lowest BCUT2D eigenvalue weighted by molar-refractivity contribution is -0.338. The van der Waals surface area contributed by atoms with E-state index in [0.717, 1.165) is 32.1 Å². The van der Waals surface area contributed by atoms with Gasteiger partial charge in [0.05, 0.1) is 37.9 Å². The summed E-state index contributed by atoms with van der Waals surface area (Å²) in [4.78, 5) is 37.8. The Morgan fingerprint density at radius 2 is 1.59 bits per heavy atom. The number of carboxylic acids is 1. The second-order valence-electron chi connectivity index (χ2n) is 13.9. The predicted octanol–water partition coefficient (Wildman–Crippen LogP) is -0.415. The Morgan fingerprint density at radius 1 is 0.898 bits per heavy atom. The topological polar surface area (TPSA) is 240 Å². The molecule has 0 spiro atoms. The number of carbonyl (C=O) groups excluding carboxylic acids is 2. The maximum atomic E-state index is 12.8. The van der Waals surface area contributed by atoms with Gasteiger partial charge in [-0.15, -0.1) is 0 Å². The van der Waals surface area contributed by atoms with Gasteiger partial charge < -0.3 is 64.4 Å². The van der Waals surface area contributed by atoms with Gasteiger partial charge in [0.15, 0.2) is 18.7 Å². The van der Waals surface area contributed by atoms with Crippen molar-refractivity contribution >= 4 is 17.8 Å². The van der Waals surface area contributed by atoms with Gasteiger partial charge in [0.2, 0.25) is 5.91 Å². The van der Waals surface area contributed by atoms with Crippen LogP contribution in [0.15, 0.2) is 0 Å². The number of methoxy groups -OCH3 is 1. The van der Waals surface area contributed by atoms with E-state index in [-0.39, 0.29) is 24.7 Å². The normalized spacial score (nSPS) is 41.1. The van der Waals surface area contributed by atoms with E-state index in [1.165, 1.54) is 21.0 Å². The minimum atomic E-state index is -1.62. The number of aliphatic hydroxyl groups excluding tert-OH is 5. The van der Waals surface area contributed by atoms with E-state index in [4.69, 9.17) is 28.4 Å². The smallest absolute Gasteiger partial charge is 0.332 e. The Labute approximate surface area is 286 Å². The first-order valence-electron chi connectivity index (χ1n) is 17.5. The molecule has 2 aliphatic carbocycles. The number of amides is 1. The quantitative estimate of drug-likeness (QED) is 0.121. The molecule has 16 nitrogen and oxygen atoms in total. The summed E-state index contributed by atoms with van der Waals surface area (Å²) < 4.78 is 35.6. The van der Waals surface area contributed by atoms with Crippen LogP contribution in [0.1, 0.15) is 78.6 Å². The minimum Gasteiger partial charge on any atom is -0.479 e. The molecule has 0 aromatic rings. The van der Waals surface area contributed by atoms with Crippen LogP contribution in [0.5, 0.6) is 0 Å². The van der Waals surface area contributed by atoms with Crippen LogP contribution in [0.3, 0.4) is 0 Å². The fraction of sp³-hybridized carbons (Fsp3) is 0.909.